The number of esters is 4. The average molecular weight is 1520 g/mol. The molecule has 0 aliphatic carbocycles. The third-order valence-corrected chi connectivity index (χ3v) is 21.9. The fourth-order valence-corrected chi connectivity index (χ4v) is 14.2. The first-order valence-electron chi connectivity index (χ1n) is 43.2. The molecular formula is C85H162O17P2. The van der Waals surface area contributed by atoms with Crippen LogP contribution in [0, 0.1) is 17.8 Å². The van der Waals surface area contributed by atoms with Gasteiger partial charge in [0.05, 0.1) is 26.4 Å². The van der Waals surface area contributed by atoms with Crippen LogP contribution in [0.5, 0.6) is 0 Å². The van der Waals surface area contributed by atoms with Crippen molar-refractivity contribution in [2.24, 2.45) is 17.8 Å². The van der Waals surface area contributed by atoms with Gasteiger partial charge in [0.1, 0.15) is 19.3 Å². The highest BCUT2D eigenvalue weighted by Crippen LogP contribution is 2.45. The Bertz CT molecular complexity index is 2110. The second-order valence-corrected chi connectivity index (χ2v) is 33.8. The molecule has 17 nitrogen and oxygen atoms in total. The van der Waals surface area contributed by atoms with E-state index < -0.39 is 97.5 Å². The Morgan fingerprint density at radius 1 is 0.317 bits per heavy atom. The summed E-state index contributed by atoms with van der Waals surface area (Å²) in [6.45, 7) is 11.9. The molecule has 0 aromatic heterocycles. The van der Waals surface area contributed by atoms with Crippen LogP contribution >= 0.6 is 15.6 Å². The van der Waals surface area contributed by atoms with E-state index in [0.717, 1.165) is 127 Å². The highest BCUT2D eigenvalue weighted by Gasteiger charge is 2.30. The molecular weight excluding hydrogens is 1350 g/mol. The minimum absolute atomic E-state index is 0.0853. The molecule has 0 heterocycles. The van der Waals surface area contributed by atoms with Crippen LogP contribution in [0.4, 0.5) is 0 Å². The van der Waals surface area contributed by atoms with Gasteiger partial charge in [-0.2, -0.15) is 0 Å². The Labute approximate surface area is 637 Å². The fraction of sp³-hybridized carbons (Fsp3) is 0.906. The van der Waals surface area contributed by atoms with E-state index in [4.69, 9.17) is 37.0 Å². The molecule has 0 amide bonds. The van der Waals surface area contributed by atoms with Crippen molar-refractivity contribution in [1.82, 2.24) is 0 Å². The number of hydrogen-bond donors (Lipinski definition) is 3. The molecule has 0 saturated carbocycles. The molecule has 0 aromatic carbocycles. The van der Waals surface area contributed by atoms with Crippen LogP contribution in [0.3, 0.4) is 0 Å². The van der Waals surface area contributed by atoms with Crippen LogP contribution in [-0.4, -0.2) is 96.7 Å². The van der Waals surface area contributed by atoms with Gasteiger partial charge in [0, 0.05) is 25.7 Å². The summed E-state index contributed by atoms with van der Waals surface area (Å²) in [6.07, 6.45) is 67.5. The predicted molar refractivity (Wildman–Crippen MR) is 427 cm³/mol. The Kier molecular flexibility index (Phi) is 72.9. The number of phosphoric acid groups is 2. The van der Waals surface area contributed by atoms with Gasteiger partial charge in [0.2, 0.25) is 0 Å². The highest BCUT2D eigenvalue weighted by molar-refractivity contribution is 7.47. The molecule has 4 unspecified atom stereocenters. The summed E-state index contributed by atoms with van der Waals surface area (Å²) in [5, 5.41) is 10.7. The van der Waals surface area contributed by atoms with Gasteiger partial charge in [-0.05, 0) is 69.1 Å². The van der Waals surface area contributed by atoms with E-state index in [1.807, 2.05) is 0 Å². The van der Waals surface area contributed by atoms with Crippen LogP contribution in [-0.2, 0) is 65.4 Å². The predicted octanol–water partition coefficient (Wildman–Crippen LogP) is 25.3. The fourth-order valence-electron chi connectivity index (χ4n) is 12.6. The third kappa shape index (κ3) is 75.0. The van der Waals surface area contributed by atoms with E-state index >= 15 is 0 Å². The Morgan fingerprint density at radius 3 is 0.856 bits per heavy atom. The Hall–Kier alpha value is -2.46. The van der Waals surface area contributed by atoms with Crippen molar-refractivity contribution in [2.45, 2.75) is 439 Å². The van der Waals surface area contributed by atoms with Crippen molar-refractivity contribution in [1.29, 1.82) is 0 Å². The number of ether oxygens (including phenoxy) is 4. The first-order valence-corrected chi connectivity index (χ1v) is 46.2. The number of carbonyl (C=O) groups excluding carboxylic acids is 4. The summed E-state index contributed by atoms with van der Waals surface area (Å²) < 4.78 is 68.8. The number of aliphatic hydroxyl groups is 1. The lowest BCUT2D eigenvalue weighted by atomic mass is 9.99. The van der Waals surface area contributed by atoms with Gasteiger partial charge in [0.25, 0.3) is 0 Å². The van der Waals surface area contributed by atoms with Crippen molar-refractivity contribution in [3.05, 3.63) is 24.3 Å². The molecule has 0 aliphatic rings. The molecule has 0 spiro atoms. The minimum Gasteiger partial charge on any atom is -0.462 e. The zero-order chi connectivity index (χ0) is 76.5. The van der Waals surface area contributed by atoms with Crippen LogP contribution in [0.25, 0.3) is 0 Å². The van der Waals surface area contributed by atoms with Crippen LogP contribution in [0.2, 0.25) is 0 Å². The topological polar surface area (TPSA) is 237 Å². The van der Waals surface area contributed by atoms with Crippen LogP contribution in [0.1, 0.15) is 421 Å². The molecule has 0 radical (unpaired) electrons. The maximum absolute atomic E-state index is 13.1. The molecule has 614 valence electrons. The molecule has 0 saturated heterocycles. The van der Waals surface area contributed by atoms with Crippen molar-refractivity contribution in [2.75, 3.05) is 39.6 Å². The van der Waals surface area contributed by atoms with E-state index in [0.29, 0.717) is 25.7 Å². The average Bonchev–Trinajstić information content (AvgIpc) is 0.911. The Balaban J connectivity index is 5.24. The summed E-state index contributed by atoms with van der Waals surface area (Å²) in [7, 11) is -9.94. The van der Waals surface area contributed by atoms with E-state index in [1.54, 1.807) is 0 Å². The number of aliphatic hydroxyl groups excluding tert-OH is 1. The second-order valence-electron chi connectivity index (χ2n) is 30.8. The van der Waals surface area contributed by atoms with E-state index in [9.17, 15) is 43.2 Å². The summed E-state index contributed by atoms with van der Waals surface area (Å²) >= 11 is 0. The molecule has 104 heavy (non-hydrogen) atoms. The number of carbonyl (C=O) groups is 4. The Morgan fingerprint density at radius 2 is 0.567 bits per heavy atom. The summed E-state index contributed by atoms with van der Waals surface area (Å²) in [5.74, 6) is 0.257. The van der Waals surface area contributed by atoms with Crippen LogP contribution in [0.15, 0.2) is 24.3 Å². The summed E-state index contributed by atoms with van der Waals surface area (Å²) in [6, 6.07) is 0. The first-order chi connectivity index (χ1) is 50.3. The molecule has 0 fully saturated rings. The lowest BCUT2D eigenvalue weighted by Gasteiger charge is -2.21. The van der Waals surface area contributed by atoms with Gasteiger partial charge in [-0.3, -0.25) is 37.3 Å². The van der Waals surface area contributed by atoms with E-state index in [2.05, 4.69) is 72.8 Å². The monoisotopic (exact) mass is 1520 g/mol. The van der Waals surface area contributed by atoms with Crippen LogP contribution < -0.4 is 0 Å². The number of rotatable bonds is 81. The molecule has 0 rings (SSSR count). The lowest BCUT2D eigenvalue weighted by molar-refractivity contribution is -0.161. The second kappa shape index (κ2) is 74.6. The largest absolute Gasteiger partial charge is 0.472 e. The van der Waals surface area contributed by atoms with E-state index in [-0.39, 0.29) is 25.7 Å². The number of allylic oxidation sites excluding steroid dienone is 4. The number of unbranched alkanes of at least 4 members (excludes halogenated alkanes) is 44. The minimum atomic E-state index is -4.97. The van der Waals surface area contributed by atoms with E-state index in [1.165, 1.54) is 212 Å². The highest BCUT2D eigenvalue weighted by atomic mass is 31.2. The summed E-state index contributed by atoms with van der Waals surface area (Å²) in [4.78, 5) is 73.1. The van der Waals surface area contributed by atoms with Crippen molar-refractivity contribution in [3.63, 3.8) is 0 Å². The molecule has 0 bridgehead atoms. The SMILES string of the molecule is CCCCCC/C=C\C=C/CCCCCCCC(=O)O[C@H](COC(=O)CCCCCCCCCCCCCCCCCCCCC(C)C)COP(=O)(O)OC[C@@H](O)COP(=O)(O)OC[C@@H](COC(=O)CCCCCCCCC(C)CC)OC(=O)CCCCCCCCCCCCCCCCC(C)CC. The summed E-state index contributed by atoms with van der Waals surface area (Å²) in [5.41, 5.74) is 0. The standard InChI is InChI=1S/C85H162O17P2/c1-8-11-12-13-14-15-16-17-22-30-35-40-45-54-61-68-84(89)101-80(72-95-82(87)66-59-52-44-39-34-29-24-21-19-18-20-23-27-32-37-42-49-56-63-76(4)5)74-99-103(91,92)97-70-79(86)71-98-104(93,94)100-75-81(73-96-83(88)67-60-53-48-47-51-58-65-78(7)10-3)102-85(90)69-62-55-46-41-36-31-26-25-28-33-38-43-50-57-64-77(6)9-2/h15-17,22,76-81,86H,8-14,18-21,23-75H2,1-7H3,(H,91,92)(H,93,94)/b16-15-,22-17-/t77?,78?,79-,80-,81-/m1/s1. The number of hydrogen-bond acceptors (Lipinski definition) is 15. The van der Waals surface area contributed by atoms with Gasteiger partial charge < -0.3 is 33.8 Å². The van der Waals surface area contributed by atoms with Gasteiger partial charge in [-0.25, -0.2) is 9.13 Å². The normalized spacial score (nSPS) is 14.6. The van der Waals surface area contributed by atoms with Gasteiger partial charge in [-0.1, -0.05) is 368 Å². The maximum Gasteiger partial charge on any atom is 0.472 e. The van der Waals surface area contributed by atoms with Gasteiger partial charge in [0.15, 0.2) is 12.2 Å². The number of phosphoric ester groups is 2. The third-order valence-electron chi connectivity index (χ3n) is 20.0. The maximum atomic E-state index is 13.1. The first kappa shape index (κ1) is 102. The van der Waals surface area contributed by atoms with Crippen molar-refractivity contribution >= 4 is 39.5 Å². The van der Waals surface area contributed by atoms with Gasteiger partial charge >= 0.3 is 39.5 Å². The smallest absolute Gasteiger partial charge is 0.462 e. The molecule has 0 aromatic rings. The molecule has 7 atom stereocenters. The van der Waals surface area contributed by atoms with Gasteiger partial charge in [-0.15, -0.1) is 0 Å². The molecule has 19 heteroatoms. The molecule has 0 aliphatic heterocycles. The van der Waals surface area contributed by atoms with Crippen molar-refractivity contribution < 1.29 is 80.2 Å². The zero-order valence-electron chi connectivity index (χ0n) is 68.0. The molecule has 3 N–H and O–H groups in total. The quantitative estimate of drug-likeness (QED) is 0.0169. The lowest BCUT2D eigenvalue weighted by Crippen LogP contribution is -2.30. The van der Waals surface area contributed by atoms with Crippen molar-refractivity contribution in [3.8, 4) is 0 Å². The zero-order valence-corrected chi connectivity index (χ0v) is 69.8.